The molecule has 1 aromatic carbocycles. The van der Waals surface area contributed by atoms with Gasteiger partial charge in [0.25, 0.3) is 0 Å². The van der Waals surface area contributed by atoms with Crippen molar-refractivity contribution in [3.05, 3.63) is 58.9 Å². The molecule has 0 saturated heterocycles. The molecule has 0 amide bonds. The maximum absolute atomic E-state index is 13.1. The Labute approximate surface area is 99.0 Å². The molecule has 2 aromatic rings. The lowest BCUT2D eigenvalue weighted by Gasteiger charge is -2.11. The zero-order chi connectivity index (χ0) is 12.4. The molecule has 0 saturated carbocycles. The van der Waals surface area contributed by atoms with Crippen LogP contribution in [0, 0.1) is 19.7 Å². The molecule has 0 aliphatic carbocycles. The molecule has 1 atom stereocenters. The smallest absolute Gasteiger partial charge is 0.126 e. The average molecular weight is 232 g/mol. The Morgan fingerprint density at radius 1 is 1.24 bits per heavy atom. The highest BCUT2D eigenvalue weighted by Crippen LogP contribution is 2.21. The van der Waals surface area contributed by atoms with Crippen molar-refractivity contribution >= 4 is 0 Å². The van der Waals surface area contributed by atoms with Gasteiger partial charge in [-0.1, -0.05) is 12.1 Å². The summed E-state index contributed by atoms with van der Waals surface area (Å²) in [7, 11) is 0. The summed E-state index contributed by atoms with van der Waals surface area (Å²) in [6.45, 7) is 3.42. The number of hydrogen-bond acceptors (Lipinski definition) is 3. The molecule has 17 heavy (non-hydrogen) atoms. The third-order valence-corrected chi connectivity index (χ3v) is 2.58. The number of benzene rings is 1. The molecule has 0 bridgehead atoms. The van der Waals surface area contributed by atoms with E-state index in [9.17, 15) is 9.50 Å². The fourth-order valence-electron chi connectivity index (χ4n) is 1.64. The second kappa shape index (κ2) is 4.59. The van der Waals surface area contributed by atoms with Crippen molar-refractivity contribution < 1.29 is 9.50 Å². The van der Waals surface area contributed by atoms with Gasteiger partial charge in [-0.25, -0.2) is 14.4 Å². The zero-order valence-electron chi connectivity index (χ0n) is 9.68. The lowest BCUT2D eigenvalue weighted by molar-refractivity contribution is 0.214. The second-order valence-corrected chi connectivity index (χ2v) is 3.94. The summed E-state index contributed by atoms with van der Waals surface area (Å²) in [5, 5.41) is 10.1. The standard InChI is InChI=1S/C13H13FN2O/c1-8-7-10(3-4-11(8)14)13(17)12-5-6-15-9(2)16-12/h3-7,13,17H,1-2H3. The molecule has 88 valence electrons. The van der Waals surface area contributed by atoms with E-state index in [1.807, 2.05) is 0 Å². The van der Waals surface area contributed by atoms with Crippen LogP contribution < -0.4 is 0 Å². The monoisotopic (exact) mass is 232 g/mol. The van der Waals surface area contributed by atoms with Gasteiger partial charge in [-0.3, -0.25) is 0 Å². The third-order valence-electron chi connectivity index (χ3n) is 2.58. The van der Waals surface area contributed by atoms with Crippen LogP contribution in [0.1, 0.15) is 28.7 Å². The fourth-order valence-corrected chi connectivity index (χ4v) is 1.64. The summed E-state index contributed by atoms with van der Waals surface area (Å²) in [5.41, 5.74) is 1.65. The SMILES string of the molecule is Cc1nccc(C(O)c2ccc(F)c(C)c2)n1. The first-order valence-corrected chi connectivity index (χ1v) is 5.31. The van der Waals surface area contributed by atoms with E-state index in [4.69, 9.17) is 0 Å². The van der Waals surface area contributed by atoms with Crippen LogP contribution in [0.5, 0.6) is 0 Å². The summed E-state index contributed by atoms with van der Waals surface area (Å²) < 4.78 is 13.1. The van der Waals surface area contributed by atoms with Gasteiger partial charge in [-0.05, 0) is 37.1 Å². The van der Waals surface area contributed by atoms with Crippen molar-refractivity contribution in [2.75, 3.05) is 0 Å². The van der Waals surface area contributed by atoms with Crippen LogP contribution in [-0.2, 0) is 0 Å². The Bertz CT molecular complexity index is 543. The predicted molar refractivity (Wildman–Crippen MR) is 62.0 cm³/mol. The number of aromatic nitrogens is 2. The maximum Gasteiger partial charge on any atom is 0.126 e. The number of rotatable bonds is 2. The van der Waals surface area contributed by atoms with Crippen molar-refractivity contribution in [3.63, 3.8) is 0 Å². The van der Waals surface area contributed by atoms with E-state index in [-0.39, 0.29) is 5.82 Å². The minimum absolute atomic E-state index is 0.278. The molecule has 1 unspecified atom stereocenters. The van der Waals surface area contributed by atoms with E-state index in [0.717, 1.165) is 0 Å². The second-order valence-electron chi connectivity index (χ2n) is 3.94. The summed E-state index contributed by atoms with van der Waals surface area (Å²) in [6, 6.07) is 6.18. The predicted octanol–water partition coefficient (Wildman–Crippen LogP) is 2.31. The number of nitrogens with zero attached hydrogens (tertiary/aromatic N) is 2. The minimum atomic E-state index is -0.851. The Hall–Kier alpha value is -1.81. The van der Waals surface area contributed by atoms with Crippen LogP contribution in [0.4, 0.5) is 4.39 Å². The molecule has 0 fully saturated rings. The molecule has 2 rings (SSSR count). The quantitative estimate of drug-likeness (QED) is 0.864. The summed E-state index contributed by atoms with van der Waals surface area (Å²) in [6.07, 6.45) is 0.744. The van der Waals surface area contributed by atoms with Crippen molar-refractivity contribution in [1.82, 2.24) is 9.97 Å². The van der Waals surface area contributed by atoms with E-state index in [0.29, 0.717) is 22.6 Å². The Balaban J connectivity index is 2.36. The van der Waals surface area contributed by atoms with Gasteiger partial charge in [-0.15, -0.1) is 0 Å². The van der Waals surface area contributed by atoms with Gasteiger partial charge in [-0.2, -0.15) is 0 Å². The zero-order valence-corrected chi connectivity index (χ0v) is 9.68. The summed E-state index contributed by atoms with van der Waals surface area (Å²) >= 11 is 0. The Kier molecular flexibility index (Phi) is 3.15. The van der Waals surface area contributed by atoms with Gasteiger partial charge in [0.1, 0.15) is 17.7 Å². The van der Waals surface area contributed by atoms with Crippen LogP contribution in [0.25, 0.3) is 0 Å². The first-order valence-electron chi connectivity index (χ1n) is 5.31. The maximum atomic E-state index is 13.1. The average Bonchev–Trinajstić information content (AvgIpc) is 2.32. The van der Waals surface area contributed by atoms with Crippen molar-refractivity contribution in [1.29, 1.82) is 0 Å². The molecule has 3 nitrogen and oxygen atoms in total. The van der Waals surface area contributed by atoms with E-state index in [1.165, 1.54) is 6.07 Å². The molecule has 0 aliphatic heterocycles. The summed E-state index contributed by atoms with van der Waals surface area (Å²) in [5.74, 6) is 0.320. The van der Waals surface area contributed by atoms with Crippen molar-refractivity contribution in [3.8, 4) is 0 Å². The van der Waals surface area contributed by atoms with Crippen LogP contribution in [0.3, 0.4) is 0 Å². The van der Waals surface area contributed by atoms with Gasteiger partial charge in [0.2, 0.25) is 0 Å². The topological polar surface area (TPSA) is 46.0 Å². The molecule has 0 radical (unpaired) electrons. The highest BCUT2D eigenvalue weighted by atomic mass is 19.1. The number of halogens is 1. The Morgan fingerprint density at radius 3 is 2.65 bits per heavy atom. The molecule has 1 N–H and O–H groups in total. The summed E-state index contributed by atoms with van der Waals surface area (Å²) in [4.78, 5) is 8.11. The molecular weight excluding hydrogens is 219 g/mol. The van der Waals surface area contributed by atoms with E-state index in [2.05, 4.69) is 9.97 Å². The third kappa shape index (κ3) is 2.47. The number of aliphatic hydroxyl groups is 1. The minimum Gasteiger partial charge on any atom is -0.382 e. The molecule has 4 heteroatoms. The molecule has 1 aromatic heterocycles. The van der Waals surface area contributed by atoms with Gasteiger partial charge in [0, 0.05) is 6.20 Å². The first-order chi connectivity index (χ1) is 8.08. The van der Waals surface area contributed by atoms with Crippen LogP contribution in [0.2, 0.25) is 0 Å². The molecule has 0 spiro atoms. The molecular formula is C13H13FN2O. The van der Waals surface area contributed by atoms with Crippen molar-refractivity contribution in [2.24, 2.45) is 0 Å². The van der Waals surface area contributed by atoms with E-state index >= 15 is 0 Å². The van der Waals surface area contributed by atoms with Crippen LogP contribution >= 0.6 is 0 Å². The number of aliphatic hydroxyl groups excluding tert-OH is 1. The van der Waals surface area contributed by atoms with Gasteiger partial charge < -0.3 is 5.11 Å². The van der Waals surface area contributed by atoms with Gasteiger partial charge >= 0.3 is 0 Å². The van der Waals surface area contributed by atoms with Crippen molar-refractivity contribution in [2.45, 2.75) is 20.0 Å². The van der Waals surface area contributed by atoms with Gasteiger partial charge in [0.15, 0.2) is 0 Å². The lowest BCUT2D eigenvalue weighted by Crippen LogP contribution is -2.04. The Morgan fingerprint density at radius 2 is 2.00 bits per heavy atom. The van der Waals surface area contributed by atoms with Gasteiger partial charge in [0.05, 0.1) is 5.69 Å². The number of aryl methyl sites for hydroxylation is 2. The van der Waals surface area contributed by atoms with E-state index in [1.54, 1.807) is 38.2 Å². The normalized spacial score (nSPS) is 12.5. The fraction of sp³-hybridized carbons (Fsp3) is 0.231. The largest absolute Gasteiger partial charge is 0.382 e. The molecule has 1 heterocycles. The molecule has 0 aliphatic rings. The first kappa shape index (κ1) is 11.7. The van der Waals surface area contributed by atoms with E-state index < -0.39 is 6.10 Å². The highest BCUT2D eigenvalue weighted by molar-refractivity contribution is 5.30. The lowest BCUT2D eigenvalue weighted by atomic mass is 10.0. The highest BCUT2D eigenvalue weighted by Gasteiger charge is 2.13. The van der Waals surface area contributed by atoms with Crippen LogP contribution in [-0.4, -0.2) is 15.1 Å². The van der Waals surface area contributed by atoms with Crippen LogP contribution in [0.15, 0.2) is 30.5 Å². The number of hydrogen-bond donors (Lipinski definition) is 1.